The fourth-order valence-electron chi connectivity index (χ4n) is 3.66. The van der Waals surface area contributed by atoms with Crippen molar-refractivity contribution in [2.75, 3.05) is 13.1 Å². The molecule has 2 unspecified atom stereocenters. The van der Waals surface area contributed by atoms with E-state index in [4.69, 9.17) is 0 Å². The van der Waals surface area contributed by atoms with Gasteiger partial charge in [0.15, 0.2) is 0 Å². The first-order chi connectivity index (χ1) is 10.2. The van der Waals surface area contributed by atoms with Gasteiger partial charge in [-0.05, 0) is 67.5 Å². The topological polar surface area (TPSA) is 12.0 Å². The van der Waals surface area contributed by atoms with E-state index in [0.717, 1.165) is 13.1 Å². The van der Waals surface area contributed by atoms with Crippen molar-refractivity contribution < 1.29 is 0 Å². The van der Waals surface area contributed by atoms with E-state index in [2.05, 4.69) is 68.6 Å². The third-order valence-corrected chi connectivity index (χ3v) is 4.99. The number of hydrogen-bond donors (Lipinski definition) is 1. The van der Waals surface area contributed by atoms with Gasteiger partial charge in [0, 0.05) is 12.5 Å². The van der Waals surface area contributed by atoms with Crippen molar-refractivity contribution in [3.8, 4) is 0 Å². The molecule has 1 saturated heterocycles. The highest BCUT2D eigenvalue weighted by Gasteiger charge is 2.28. The fourth-order valence-corrected chi connectivity index (χ4v) is 3.66. The summed E-state index contributed by atoms with van der Waals surface area (Å²) in [5.41, 5.74) is 7.29. The molecule has 1 N–H and O–H groups in total. The molecule has 0 saturated carbocycles. The summed E-state index contributed by atoms with van der Waals surface area (Å²) in [6, 6.07) is 15.8. The first kappa shape index (κ1) is 14.3. The third kappa shape index (κ3) is 2.89. The molecule has 0 aliphatic carbocycles. The van der Waals surface area contributed by atoms with Crippen LogP contribution in [0.4, 0.5) is 0 Å². The van der Waals surface area contributed by atoms with Gasteiger partial charge in [0.2, 0.25) is 0 Å². The van der Waals surface area contributed by atoms with Crippen LogP contribution in [0.3, 0.4) is 0 Å². The lowest BCUT2D eigenvalue weighted by atomic mass is 9.75. The van der Waals surface area contributed by atoms with Gasteiger partial charge in [0.1, 0.15) is 0 Å². The number of piperidine rings is 1. The Morgan fingerprint density at radius 2 is 1.57 bits per heavy atom. The first-order valence-electron chi connectivity index (χ1n) is 8.00. The van der Waals surface area contributed by atoms with E-state index in [0.29, 0.717) is 11.8 Å². The Labute approximate surface area is 128 Å². The van der Waals surface area contributed by atoms with E-state index < -0.39 is 0 Å². The second-order valence-electron chi connectivity index (χ2n) is 6.41. The van der Waals surface area contributed by atoms with Crippen LogP contribution in [0.2, 0.25) is 0 Å². The summed E-state index contributed by atoms with van der Waals surface area (Å²) in [5.74, 6) is 1.22. The van der Waals surface area contributed by atoms with E-state index in [-0.39, 0.29) is 0 Å². The predicted octanol–water partition coefficient (Wildman–Crippen LogP) is 4.47. The van der Waals surface area contributed by atoms with Crippen LogP contribution in [-0.2, 0) is 0 Å². The van der Waals surface area contributed by atoms with Crippen LogP contribution in [0.15, 0.2) is 42.5 Å². The number of hydrogen-bond acceptors (Lipinski definition) is 1. The fraction of sp³-hybridized carbons (Fsp3) is 0.400. The van der Waals surface area contributed by atoms with Crippen molar-refractivity contribution in [3.05, 3.63) is 70.3 Å². The SMILES string of the molecule is Cc1cc(C)c(C2CCNCC2c2ccccc2)cc1C. The molecule has 21 heavy (non-hydrogen) atoms. The zero-order valence-corrected chi connectivity index (χ0v) is 13.3. The monoisotopic (exact) mass is 279 g/mol. The standard InChI is InChI=1S/C20H25N/c1-14-11-16(3)19(12-15(14)2)18-9-10-21-13-20(18)17-7-5-4-6-8-17/h4-8,11-12,18,20-21H,9-10,13H2,1-3H3. The second-order valence-corrected chi connectivity index (χ2v) is 6.41. The van der Waals surface area contributed by atoms with Crippen LogP contribution >= 0.6 is 0 Å². The smallest absolute Gasteiger partial charge is 0.00327 e. The first-order valence-corrected chi connectivity index (χ1v) is 8.00. The minimum atomic E-state index is 0.584. The number of nitrogens with one attached hydrogen (secondary N) is 1. The van der Waals surface area contributed by atoms with E-state index >= 15 is 0 Å². The lowest BCUT2D eigenvalue weighted by molar-refractivity contribution is 0.403. The van der Waals surface area contributed by atoms with Gasteiger partial charge in [0.25, 0.3) is 0 Å². The van der Waals surface area contributed by atoms with Crippen LogP contribution in [0.5, 0.6) is 0 Å². The van der Waals surface area contributed by atoms with Gasteiger partial charge >= 0.3 is 0 Å². The minimum Gasteiger partial charge on any atom is -0.316 e. The summed E-state index contributed by atoms with van der Waals surface area (Å²) >= 11 is 0. The van der Waals surface area contributed by atoms with Gasteiger partial charge in [-0.25, -0.2) is 0 Å². The molecule has 2 aromatic carbocycles. The van der Waals surface area contributed by atoms with E-state index in [1.165, 1.54) is 28.7 Å². The van der Waals surface area contributed by atoms with Gasteiger partial charge in [-0.3, -0.25) is 0 Å². The van der Waals surface area contributed by atoms with E-state index in [9.17, 15) is 0 Å². The predicted molar refractivity (Wildman–Crippen MR) is 90.1 cm³/mol. The molecule has 1 heteroatoms. The normalized spacial score (nSPS) is 22.2. The van der Waals surface area contributed by atoms with Crippen LogP contribution in [-0.4, -0.2) is 13.1 Å². The zero-order chi connectivity index (χ0) is 14.8. The Hall–Kier alpha value is -1.60. The molecule has 0 bridgehead atoms. The molecule has 2 atom stereocenters. The van der Waals surface area contributed by atoms with Crippen molar-refractivity contribution in [1.29, 1.82) is 0 Å². The van der Waals surface area contributed by atoms with Gasteiger partial charge in [0.05, 0.1) is 0 Å². The Morgan fingerprint density at radius 3 is 2.33 bits per heavy atom. The summed E-state index contributed by atoms with van der Waals surface area (Å²) in [4.78, 5) is 0. The van der Waals surface area contributed by atoms with E-state index in [1.54, 1.807) is 5.56 Å². The van der Waals surface area contributed by atoms with Gasteiger partial charge in [-0.2, -0.15) is 0 Å². The molecule has 2 aromatic rings. The van der Waals surface area contributed by atoms with Gasteiger partial charge < -0.3 is 5.32 Å². The van der Waals surface area contributed by atoms with Crippen molar-refractivity contribution in [2.24, 2.45) is 0 Å². The van der Waals surface area contributed by atoms with Crippen LogP contribution < -0.4 is 5.32 Å². The molecule has 0 amide bonds. The molecule has 0 spiro atoms. The van der Waals surface area contributed by atoms with Crippen LogP contribution in [0, 0.1) is 20.8 Å². The second kappa shape index (κ2) is 6.03. The minimum absolute atomic E-state index is 0.584. The van der Waals surface area contributed by atoms with Crippen LogP contribution in [0.25, 0.3) is 0 Å². The van der Waals surface area contributed by atoms with E-state index in [1.807, 2.05) is 0 Å². The van der Waals surface area contributed by atoms with Crippen molar-refractivity contribution in [1.82, 2.24) is 5.32 Å². The van der Waals surface area contributed by atoms with Crippen molar-refractivity contribution in [3.63, 3.8) is 0 Å². The zero-order valence-electron chi connectivity index (χ0n) is 13.3. The molecule has 3 rings (SSSR count). The van der Waals surface area contributed by atoms with Crippen molar-refractivity contribution in [2.45, 2.75) is 39.0 Å². The van der Waals surface area contributed by atoms with Crippen molar-refractivity contribution >= 4 is 0 Å². The number of rotatable bonds is 2. The molecule has 0 aromatic heterocycles. The average molecular weight is 279 g/mol. The summed E-state index contributed by atoms with van der Waals surface area (Å²) in [6.07, 6.45) is 1.23. The average Bonchev–Trinajstić information content (AvgIpc) is 2.52. The van der Waals surface area contributed by atoms with Gasteiger partial charge in [-0.1, -0.05) is 42.5 Å². The Balaban J connectivity index is 2.00. The quantitative estimate of drug-likeness (QED) is 0.855. The third-order valence-electron chi connectivity index (χ3n) is 4.99. The molecule has 1 aliphatic rings. The van der Waals surface area contributed by atoms with Gasteiger partial charge in [-0.15, -0.1) is 0 Å². The molecule has 1 nitrogen and oxygen atoms in total. The maximum absolute atomic E-state index is 3.58. The summed E-state index contributed by atoms with van der Waals surface area (Å²) in [5, 5.41) is 3.58. The number of aryl methyl sites for hydroxylation is 3. The molecular formula is C20H25N. The highest BCUT2D eigenvalue weighted by atomic mass is 14.9. The van der Waals surface area contributed by atoms with Crippen LogP contribution in [0.1, 0.15) is 46.1 Å². The highest BCUT2D eigenvalue weighted by Crippen LogP contribution is 2.39. The molecule has 1 heterocycles. The molecule has 1 fully saturated rings. The summed E-state index contributed by atoms with van der Waals surface area (Å²) < 4.78 is 0. The molecule has 0 radical (unpaired) electrons. The highest BCUT2D eigenvalue weighted by molar-refractivity contribution is 5.41. The Bertz CT molecular complexity index is 615. The molecular weight excluding hydrogens is 254 g/mol. The lowest BCUT2D eigenvalue weighted by Gasteiger charge is -2.34. The lowest BCUT2D eigenvalue weighted by Crippen LogP contribution is -2.34. The number of benzene rings is 2. The molecule has 1 aliphatic heterocycles. The molecule has 110 valence electrons. The maximum atomic E-state index is 3.58. The Morgan fingerprint density at radius 1 is 0.857 bits per heavy atom. The maximum Gasteiger partial charge on any atom is 0.00327 e. The summed E-state index contributed by atoms with van der Waals surface area (Å²) in [6.45, 7) is 8.92. The summed E-state index contributed by atoms with van der Waals surface area (Å²) in [7, 11) is 0. The largest absolute Gasteiger partial charge is 0.316 e. The Kier molecular flexibility index (Phi) is 4.12.